The Morgan fingerprint density at radius 3 is 2.74 bits per heavy atom. The zero-order valence-corrected chi connectivity index (χ0v) is 12.1. The molecule has 0 unspecified atom stereocenters. The lowest BCUT2D eigenvalue weighted by atomic mass is 10.3. The van der Waals surface area contributed by atoms with Crippen molar-refractivity contribution in [2.75, 3.05) is 30.4 Å². The largest absolute Gasteiger partial charge is 0.370 e. The van der Waals surface area contributed by atoms with Crippen LogP contribution >= 0.6 is 0 Å². The van der Waals surface area contributed by atoms with E-state index in [-0.39, 0.29) is 0 Å². The minimum atomic E-state index is 0.501. The standard InChI is InChI=1S/C14H23N5/c1-4-7-12-17-13(16-9-5-2)11-14(18-12)19(3)10-6-8-15/h11H,4-7,9-10H2,1-3H3,(H,16,17,18). The predicted molar refractivity (Wildman–Crippen MR) is 78.3 cm³/mol. The number of anilines is 2. The van der Waals surface area contributed by atoms with Crippen molar-refractivity contribution in [2.24, 2.45) is 0 Å². The second-order valence-electron chi connectivity index (χ2n) is 4.53. The highest BCUT2D eigenvalue weighted by Gasteiger charge is 2.08. The van der Waals surface area contributed by atoms with Crippen molar-refractivity contribution in [3.8, 4) is 6.07 Å². The number of nitriles is 1. The normalized spacial score (nSPS) is 10.0. The van der Waals surface area contributed by atoms with E-state index in [0.717, 1.165) is 43.3 Å². The van der Waals surface area contributed by atoms with Crippen molar-refractivity contribution in [1.82, 2.24) is 9.97 Å². The van der Waals surface area contributed by atoms with E-state index in [4.69, 9.17) is 5.26 Å². The van der Waals surface area contributed by atoms with Crippen molar-refractivity contribution in [1.29, 1.82) is 5.26 Å². The van der Waals surface area contributed by atoms with E-state index in [2.05, 4.69) is 35.2 Å². The number of rotatable bonds is 8. The molecule has 0 aliphatic rings. The van der Waals surface area contributed by atoms with Gasteiger partial charge in [0.2, 0.25) is 0 Å². The van der Waals surface area contributed by atoms with Crippen LogP contribution < -0.4 is 10.2 Å². The summed E-state index contributed by atoms with van der Waals surface area (Å²) in [6, 6.07) is 4.11. The fraction of sp³-hybridized carbons (Fsp3) is 0.643. The number of aryl methyl sites for hydroxylation is 1. The molecule has 5 nitrogen and oxygen atoms in total. The van der Waals surface area contributed by atoms with Crippen molar-refractivity contribution >= 4 is 11.6 Å². The SMILES string of the molecule is CCCNc1cc(N(C)CCC#N)nc(CCC)n1. The Balaban J connectivity index is 2.88. The first-order chi connectivity index (χ1) is 9.21. The van der Waals surface area contributed by atoms with Gasteiger partial charge in [0.1, 0.15) is 17.5 Å². The topological polar surface area (TPSA) is 64.8 Å². The van der Waals surface area contributed by atoms with Crippen molar-refractivity contribution in [3.05, 3.63) is 11.9 Å². The lowest BCUT2D eigenvalue weighted by Crippen LogP contribution is -2.20. The van der Waals surface area contributed by atoms with Gasteiger partial charge in [0.25, 0.3) is 0 Å². The number of nitrogens with zero attached hydrogens (tertiary/aromatic N) is 4. The quantitative estimate of drug-likeness (QED) is 0.779. The van der Waals surface area contributed by atoms with Crippen molar-refractivity contribution in [3.63, 3.8) is 0 Å². The van der Waals surface area contributed by atoms with E-state index in [1.54, 1.807) is 0 Å². The van der Waals surface area contributed by atoms with Crippen LogP contribution in [0.4, 0.5) is 11.6 Å². The van der Waals surface area contributed by atoms with Crippen LogP contribution in [0.3, 0.4) is 0 Å². The zero-order chi connectivity index (χ0) is 14.1. The number of hydrogen-bond acceptors (Lipinski definition) is 5. The molecule has 0 bridgehead atoms. The lowest BCUT2D eigenvalue weighted by molar-refractivity contribution is 0.809. The number of hydrogen-bond donors (Lipinski definition) is 1. The van der Waals surface area contributed by atoms with Gasteiger partial charge >= 0.3 is 0 Å². The molecule has 0 aliphatic heterocycles. The van der Waals surface area contributed by atoms with Gasteiger partial charge in [0.15, 0.2) is 0 Å². The molecule has 0 saturated carbocycles. The lowest BCUT2D eigenvalue weighted by Gasteiger charge is -2.18. The van der Waals surface area contributed by atoms with Crippen LogP contribution in [0.1, 0.15) is 38.9 Å². The number of aromatic nitrogens is 2. The zero-order valence-electron chi connectivity index (χ0n) is 12.1. The molecule has 1 heterocycles. The van der Waals surface area contributed by atoms with E-state index < -0.39 is 0 Å². The minimum Gasteiger partial charge on any atom is -0.370 e. The van der Waals surface area contributed by atoms with Crippen LogP contribution in [0.15, 0.2) is 6.07 Å². The van der Waals surface area contributed by atoms with Crippen LogP contribution in [-0.4, -0.2) is 30.1 Å². The van der Waals surface area contributed by atoms with E-state index in [1.807, 2.05) is 18.0 Å². The molecule has 0 amide bonds. The third kappa shape index (κ3) is 5.12. The molecule has 0 fully saturated rings. The first kappa shape index (κ1) is 15.2. The summed E-state index contributed by atoms with van der Waals surface area (Å²) in [4.78, 5) is 11.1. The van der Waals surface area contributed by atoms with E-state index in [9.17, 15) is 0 Å². The van der Waals surface area contributed by atoms with Crippen LogP contribution in [0.2, 0.25) is 0 Å². The van der Waals surface area contributed by atoms with Gasteiger partial charge in [-0.15, -0.1) is 0 Å². The van der Waals surface area contributed by atoms with Crippen LogP contribution in [0.25, 0.3) is 0 Å². The Kier molecular flexibility index (Phi) is 6.65. The van der Waals surface area contributed by atoms with Gasteiger partial charge < -0.3 is 10.2 Å². The molecule has 0 aliphatic carbocycles. The van der Waals surface area contributed by atoms with Gasteiger partial charge in [-0.1, -0.05) is 13.8 Å². The van der Waals surface area contributed by atoms with Gasteiger partial charge in [0, 0.05) is 32.6 Å². The highest BCUT2D eigenvalue weighted by molar-refractivity contribution is 5.49. The fourth-order valence-corrected chi connectivity index (χ4v) is 1.69. The third-order valence-corrected chi connectivity index (χ3v) is 2.74. The molecular formula is C14H23N5. The van der Waals surface area contributed by atoms with E-state index in [1.165, 1.54) is 0 Å². The maximum Gasteiger partial charge on any atom is 0.134 e. The number of nitrogens with one attached hydrogen (secondary N) is 1. The summed E-state index contributed by atoms with van der Waals surface area (Å²) in [5.41, 5.74) is 0. The molecule has 0 saturated heterocycles. The van der Waals surface area contributed by atoms with Crippen LogP contribution in [-0.2, 0) is 6.42 Å². The van der Waals surface area contributed by atoms with Gasteiger partial charge in [-0.05, 0) is 12.8 Å². The average Bonchev–Trinajstić information content (AvgIpc) is 2.42. The fourth-order valence-electron chi connectivity index (χ4n) is 1.69. The molecule has 0 radical (unpaired) electrons. The predicted octanol–water partition coefficient (Wildman–Crippen LogP) is 2.60. The molecule has 5 heteroatoms. The Morgan fingerprint density at radius 2 is 2.11 bits per heavy atom. The molecular weight excluding hydrogens is 238 g/mol. The first-order valence-electron chi connectivity index (χ1n) is 6.91. The van der Waals surface area contributed by atoms with Gasteiger partial charge in [-0.2, -0.15) is 5.26 Å². The molecule has 1 aromatic heterocycles. The van der Waals surface area contributed by atoms with Gasteiger partial charge in [0.05, 0.1) is 12.5 Å². The maximum atomic E-state index is 8.65. The summed E-state index contributed by atoms with van der Waals surface area (Å²) in [5.74, 6) is 2.62. The summed E-state index contributed by atoms with van der Waals surface area (Å²) >= 11 is 0. The van der Waals surface area contributed by atoms with Crippen LogP contribution in [0.5, 0.6) is 0 Å². The monoisotopic (exact) mass is 261 g/mol. The highest BCUT2D eigenvalue weighted by atomic mass is 15.2. The van der Waals surface area contributed by atoms with Gasteiger partial charge in [-0.25, -0.2) is 9.97 Å². The first-order valence-corrected chi connectivity index (χ1v) is 6.91. The van der Waals surface area contributed by atoms with Crippen molar-refractivity contribution < 1.29 is 0 Å². The summed E-state index contributed by atoms with van der Waals surface area (Å²) in [5, 5.41) is 12.0. The minimum absolute atomic E-state index is 0.501. The summed E-state index contributed by atoms with van der Waals surface area (Å²) < 4.78 is 0. The maximum absolute atomic E-state index is 8.65. The van der Waals surface area contributed by atoms with Crippen molar-refractivity contribution in [2.45, 2.75) is 39.5 Å². The highest BCUT2D eigenvalue weighted by Crippen LogP contribution is 2.16. The van der Waals surface area contributed by atoms with Gasteiger partial charge in [-0.3, -0.25) is 0 Å². The van der Waals surface area contributed by atoms with Crippen LogP contribution in [0, 0.1) is 11.3 Å². The molecule has 1 rings (SSSR count). The molecule has 1 N–H and O–H groups in total. The molecule has 1 aromatic rings. The summed E-state index contributed by atoms with van der Waals surface area (Å²) in [6.07, 6.45) is 3.47. The Bertz CT molecular complexity index is 424. The molecule has 0 spiro atoms. The average molecular weight is 261 g/mol. The smallest absolute Gasteiger partial charge is 0.134 e. The molecule has 104 valence electrons. The van der Waals surface area contributed by atoms with E-state index >= 15 is 0 Å². The molecule has 19 heavy (non-hydrogen) atoms. The Labute approximate surface area is 115 Å². The second-order valence-corrected chi connectivity index (χ2v) is 4.53. The Hall–Kier alpha value is -1.83. The molecule has 0 atom stereocenters. The Morgan fingerprint density at radius 1 is 1.32 bits per heavy atom. The summed E-state index contributed by atoms with van der Waals surface area (Å²) in [6.45, 7) is 5.84. The second kappa shape index (κ2) is 8.30. The third-order valence-electron chi connectivity index (χ3n) is 2.74. The van der Waals surface area contributed by atoms with E-state index in [0.29, 0.717) is 13.0 Å². The molecule has 0 aromatic carbocycles. The summed E-state index contributed by atoms with van der Waals surface area (Å²) in [7, 11) is 1.96.